The number of benzene rings is 1. The molecule has 0 saturated heterocycles. The first-order valence-corrected chi connectivity index (χ1v) is 6.76. The van der Waals surface area contributed by atoms with Crippen LogP contribution in [0, 0.1) is 5.82 Å². The number of hydrogen-bond acceptors (Lipinski definition) is 3. The lowest BCUT2D eigenvalue weighted by Gasteiger charge is -2.19. The van der Waals surface area contributed by atoms with Gasteiger partial charge in [0.1, 0.15) is 5.82 Å². The number of likely N-dealkylation sites (N-methyl/N-ethyl adjacent to an activating group) is 1. The van der Waals surface area contributed by atoms with Crippen LogP contribution in [-0.2, 0) is 4.74 Å². The Kier molecular flexibility index (Phi) is 7.30. The first-order valence-electron chi connectivity index (χ1n) is 6.76. The van der Waals surface area contributed by atoms with Gasteiger partial charge in [-0.25, -0.2) is 4.39 Å². The largest absolute Gasteiger partial charge is 0.380 e. The van der Waals surface area contributed by atoms with E-state index in [1.807, 2.05) is 13.8 Å². The summed E-state index contributed by atoms with van der Waals surface area (Å²) in [5.41, 5.74) is 0.184. The molecule has 0 aliphatic heterocycles. The minimum Gasteiger partial charge on any atom is -0.380 e. The zero-order valence-electron chi connectivity index (χ0n) is 11.7. The summed E-state index contributed by atoms with van der Waals surface area (Å²) in [6.07, 6.45) is 0.334. The van der Waals surface area contributed by atoms with Gasteiger partial charge >= 0.3 is 0 Å². The van der Waals surface area contributed by atoms with Crippen LogP contribution in [0.5, 0.6) is 0 Å². The number of ether oxygens (including phenoxy) is 1. The summed E-state index contributed by atoms with van der Waals surface area (Å²) in [6.45, 7) is 7.66. The molecular formula is C15H22FNO2. The molecule has 0 atom stereocenters. The number of Topliss-reactive ketones (excluding diaryl/α,β-unsaturated/α-hetero) is 1. The first-order chi connectivity index (χ1) is 9.19. The van der Waals surface area contributed by atoms with Crippen LogP contribution in [0.25, 0.3) is 0 Å². The molecule has 0 spiro atoms. The second-order valence-electron chi connectivity index (χ2n) is 4.28. The van der Waals surface area contributed by atoms with E-state index in [-0.39, 0.29) is 11.3 Å². The maximum Gasteiger partial charge on any atom is 0.167 e. The summed E-state index contributed by atoms with van der Waals surface area (Å²) in [4.78, 5) is 14.1. The lowest BCUT2D eigenvalue weighted by Crippen LogP contribution is -2.30. The highest BCUT2D eigenvalue weighted by Crippen LogP contribution is 2.09. The normalized spacial score (nSPS) is 10.9. The van der Waals surface area contributed by atoms with E-state index in [1.165, 1.54) is 12.1 Å². The fourth-order valence-corrected chi connectivity index (χ4v) is 1.85. The van der Waals surface area contributed by atoms with E-state index in [0.29, 0.717) is 26.2 Å². The van der Waals surface area contributed by atoms with E-state index < -0.39 is 5.82 Å². The van der Waals surface area contributed by atoms with Crippen molar-refractivity contribution in [3.05, 3.63) is 35.6 Å². The van der Waals surface area contributed by atoms with Crippen molar-refractivity contribution in [1.29, 1.82) is 0 Å². The summed E-state index contributed by atoms with van der Waals surface area (Å²) in [5, 5.41) is 0. The fraction of sp³-hybridized carbons (Fsp3) is 0.533. The van der Waals surface area contributed by atoms with Crippen LogP contribution in [0.15, 0.2) is 24.3 Å². The minimum absolute atomic E-state index is 0.145. The molecule has 0 radical (unpaired) electrons. The Morgan fingerprint density at radius 1 is 1.26 bits per heavy atom. The number of ketones is 1. The minimum atomic E-state index is -0.440. The van der Waals surface area contributed by atoms with Gasteiger partial charge in [-0.1, -0.05) is 19.1 Å². The van der Waals surface area contributed by atoms with E-state index in [2.05, 4.69) is 4.90 Å². The van der Waals surface area contributed by atoms with Crippen molar-refractivity contribution < 1.29 is 13.9 Å². The highest BCUT2D eigenvalue weighted by atomic mass is 19.1. The molecule has 0 fully saturated rings. The van der Waals surface area contributed by atoms with Gasteiger partial charge in [0.05, 0.1) is 12.2 Å². The monoisotopic (exact) mass is 267 g/mol. The molecule has 0 amide bonds. The smallest absolute Gasteiger partial charge is 0.167 e. The van der Waals surface area contributed by atoms with E-state index in [9.17, 15) is 9.18 Å². The van der Waals surface area contributed by atoms with E-state index in [1.54, 1.807) is 12.1 Å². The van der Waals surface area contributed by atoms with Crippen LogP contribution < -0.4 is 0 Å². The van der Waals surface area contributed by atoms with Gasteiger partial charge in [0.15, 0.2) is 5.78 Å². The molecule has 0 bridgehead atoms. The van der Waals surface area contributed by atoms with Crippen molar-refractivity contribution in [1.82, 2.24) is 4.90 Å². The van der Waals surface area contributed by atoms with Crippen molar-refractivity contribution in [2.24, 2.45) is 0 Å². The molecule has 0 aliphatic rings. The number of nitrogens with zero attached hydrogens (tertiary/aromatic N) is 1. The Morgan fingerprint density at radius 2 is 2.00 bits per heavy atom. The third kappa shape index (κ3) is 5.49. The van der Waals surface area contributed by atoms with Gasteiger partial charge in [0.2, 0.25) is 0 Å². The standard InChI is InChI=1S/C15H22FNO2/c1-3-17(11-12-19-4-2)10-9-15(18)13-7-5-6-8-14(13)16/h5-8H,3-4,9-12H2,1-2H3. The van der Waals surface area contributed by atoms with Crippen LogP contribution in [0.2, 0.25) is 0 Å². The molecule has 0 heterocycles. The molecule has 19 heavy (non-hydrogen) atoms. The summed E-state index contributed by atoms with van der Waals surface area (Å²) in [7, 11) is 0. The predicted molar refractivity (Wildman–Crippen MR) is 74.0 cm³/mol. The van der Waals surface area contributed by atoms with E-state index >= 15 is 0 Å². The van der Waals surface area contributed by atoms with Crippen LogP contribution in [0.4, 0.5) is 4.39 Å². The molecule has 1 aromatic rings. The number of carbonyl (C=O) groups excluding carboxylic acids is 1. The molecule has 0 aliphatic carbocycles. The molecule has 1 rings (SSSR count). The molecule has 4 heteroatoms. The fourth-order valence-electron chi connectivity index (χ4n) is 1.85. The maximum absolute atomic E-state index is 13.4. The van der Waals surface area contributed by atoms with Gasteiger partial charge < -0.3 is 9.64 Å². The highest BCUT2D eigenvalue weighted by Gasteiger charge is 2.12. The van der Waals surface area contributed by atoms with Crippen molar-refractivity contribution >= 4 is 5.78 Å². The second-order valence-corrected chi connectivity index (χ2v) is 4.28. The molecule has 106 valence electrons. The Hall–Kier alpha value is -1.26. The molecule has 0 saturated carbocycles. The first kappa shape index (κ1) is 15.8. The summed E-state index contributed by atoms with van der Waals surface area (Å²) in [6, 6.07) is 6.13. The number of halogens is 1. The van der Waals surface area contributed by atoms with Gasteiger partial charge in [0.25, 0.3) is 0 Å². The van der Waals surface area contributed by atoms with Crippen LogP contribution in [0.3, 0.4) is 0 Å². The Morgan fingerprint density at radius 3 is 2.63 bits per heavy atom. The average Bonchev–Trinajstić information content (AvgIpc) is 2.43. The Labute approximate surface area is 114 Å². The van der Waals surface area contributed by atoms with Crippen LogP contribution in [0.1, 0.15) is 30.6 Å². The third-order valence-electron chi connectivity index (χ3n) is 3.03. The number of hydrogen-bond donors (Lipinski definition) is 0. The zero-order valence-corrected chi connectivity index (χ0v) is 11.7. The number of carbonyl (C=O) groups is 1. The molecule has 1 aromatic carbocycles. The summed E-state index contributed by atoms with van der Waals surface area (Å²) in [5.74, 6) is -0.585. The lowest BCUT2D eigenvalue weighted by molar-refractivity contribution is 0.0926. The zero-order chi connectivity index (χ0) is 14.1. The van der Waals surface area contributed by atoms with Gasteiger partial charge in [-0.2, -0.15) is 0 Å². The predicted octanol–water partition coefficient (Wildman–Crippen LogP) is 2.76. The second kappa shape index (κ2) is 8.77. The molecule has 0 aromatic heterocycles. The number of rotatable bonds is 9. The van der Waals surface area contributed by atoms with E-state index in [4.69, 9.17) is 4.74 Å². The summed E-state index contributed by atoms with van der Waals surface area (Å²) >= 11 is 0. The lowest BCUT2D eigenvalue weighted by atomic mass is 10.1. The van der Waals surface area contributed by atoms with Gasteiger partial charge in [0, 0.05) is 26.1 Å². The maximum atomic E-state index is 13.4. The summed E-state index contributed by atoms with van der Waals surface area (Å²) < 4.78 is 18.7. The van der Waals surface area contributed by atoms with E-state index in [0.717, 1.165) is 13.1 Å². The van der Waals surface area contributed by atoms with Crippen molar-refractivity contribution in [3.63, 3.8) is 0 Å². The highest BCUT2D eigenvalue weighted by molar-refractivity contribution is 5.96. The van der Waals surface area contributed by atoms with Crippen LogP contribution in [-0.4, -0.2) is 43.5 Å². The average molecular weight is 267 g/mol. The van der Waals surface area contributed by atoms with Gasteiger partial charge in [-0.3, -0.25) is 4.79 Å². The third-order valence-corrected chi connectivity index (χ3v) is 3.03. The van der Waals surface area contributed by atoms with Crippen LogP contribution >= 0.6 is 0 Å². The molecule has 3 nitrogen and oxygen atoms in total. The topological polar surface area (TPSA) is 29.5 Å². The quantitative estimate of drug-likeness (QED) is 0.509. The Balaban J connectivity index is 2.42. The van der Waals surface area contributed by atoms with Crippen molar-refractivity contribution in [3.8, 4) is 0 Å². The van der Waals surface area contributed by atoms with Crippen molar-refractivity contribution in [2.45, 2.75) is 20.3 Å². The molecular weight excluding hydrogens is 245 g/mol. The molecule has 0 unspecified atom stereocenters. The Bertz CT molecular complexity index is 395. The SMILES string of the molecule is CCOCCN(CC)CCC(=O)c1ccccc1F. The van der Waals surface area contributed by atoms with Gasteiger partial charge in [-0.15, -0.1) is 0 Å². The molecule has 0 N–H and O–H groups in total. The van der Waals surface area contributed by atoms with Crippen molar-refractivity contribution in [2.75, 3.05) is 32.8 Å². The van der Waals surface area contributed by atoms with Gasteiger partial charge in [-0.05, 0) is 25.6 Å².